The monoisotopic (exact) mass is 373 g/mol. The summed E-state index contributed by atoms with van der Waals surface area (Å²) in [5.74, 6) is -2.33. The van der Waals surface area contributed by atoms with Gasteiger partial charge in [-0.25, -0.2) is 0 Å². The van der Waals surface area contributed by atoms with Crippen molar-refractivity contribution in [1.82, 2.24) is 0 Å². The Morgan fingerprint density at radius 3 is 1.67 bits per heavy atom. The molecule has 3 nitrogen and oxygen atoms in total. The van der Waals surface area contributed by atoms with Crippen molar-refractivity contribution in [1.29, 1.82) is 0 Å². The number of nitrogens with zero attached hydrogens (tertiary/aromatic N) is 1. The Morgan fingerprint density at radius 2 is 1.33 bits per heavy atom. The van der Waals surface area contributed by atoms with Gasteiger partial charge in [0.2, 0.25) is 0 Å². The van der Waals surface area contributed by atoms with Crippen LogP contribution in [0.25, 0.3) is 0 Å². The summed E-state index contributed by atoms with van der Waals surface area (Å²) in [7, 11) is 0. The van der Waals surface area contributed by atoms with Gasteiger partial charge in [-0.15, -0.1) is 0 Å². The fraction of sp³-hybridized carbons (Fsp3) is 0.684. The predicted octanol–water partition coefficient (Wildman–Crippen LogP) is 7.20. The predicted molar refractivity (Wildman–Crippen MR) is 109 cm³/mol. The van der Waals surface area contributed by atoms with Gasteiger partial charge in [0, 0.05) is 0 Å². The molecule has 0 heterocycles. The van der Waals surface area contributed by atoms with E-state index in [-0.39, 0.29) is 10.6 Å². The molecule has 1 aromatic rings. The molecule has 0 fully saturated rings. The molecular weight excluding hydrogens is 341 g/mol. The Bertz CT molecular complexity index is 494. The molecule has 0 unspecified atom stereocenters. The molecule has 0 spiro atoms. The van der Waals surface area contributed by atoms with Crippen LogP contribution < -0.4 is 0 Å². The van der Waals surface area contributed by atoms with Gasteiger partial charge in [0.05, 0.1) is 0 Å². The summed E-state index contributed by atoms with van der Waals surface area (Å²) in [4.78, 5) is 10.5. The first-order valence-corrected chi connectivity index (χ1v) is 13.2. The molecule has 1 rings (SSSR count). The van der Waals surface area contributed by atoms with E-state index in [1.807, 2.05) is 12.1 Å². The summed E-state index contributed by atoms with van der Waals surface area (Å²) in [5.41, 5.74) is 1.32. The molecule has 0 amide bonds. The summed E-state index contributed by atoms with van der Waals surface area (Å²) in [6, 6.07) is 7.05. The van der Waals surface area contributed by atoms with Crippen molar-refractivity contribution in [2.24, 2.45) is 0 Å². The summed E-state index contributed by atoms with van der Waals surface area (Å²) < 4.78 is 0. The zero-order valence-electron chi connectivity index (χ0n) is 15.5. The van der Waals surface area contributed by atoms with Crippen molar-refractivity contribution in [3.8, 4) is 0 Å². The van der Waals surface area contributed by atoms with E-state index in [1.54, 1.807) is 12.1 Å². The second-order valence-electron chi connectivity index (χ2n) is 7.13. The van der Waals surface area contributed by atoms with Crippen LogP contribution in [0.4, 0.5) is 5.69 Å². The van der Waals surface area contributed by atoms with E-state index < -0.39 is 5.96 Å². The first kappa shape index (κ1) is 21.4. The molecule has 138 valence electrons. The molecule has 0 saturated heterocycles. The Hall–Kier alpha value is -0.660. The maximum atomic E-state index is 10.9. The van der Waals surface area contributed by atoms with Gasteiger partial charge in [-0.05, 0) is 0 Å². The van der Waals surface area contributed by atoms with Crippen molar-refractivity contribution < 1.29 is 4.92 Å². The van der Waals surface area contributed by atoms with Crippen LogP contribution in [-0.2, 0) is 6.16 Å². The van der Waals surface area contributed by atoms with E-state index in [0.29, 0.717) is 0 Å². The number of unbranched alkanes of at least 4 members (excludes halogenated alkanes) is 3. The van der Waals surface area contributed by atoms with E-state index in [1.165, 1.54) is 38.5 Å². The molecule has 24 heavy (non-hydrogen) atoms. The van der Waals surface area contributed by atoms with E-state index in [9.17, 15) is 10.1 Å². The summed E-state index contributed by atoms with van der Waals surface area (Å²) >= 11 is 7.57. The second-order valence-corrected chi connectivity index (χ2v) is 15.3. The van der Waals surface area contributed by atoms with Crippen LogP contribution in [0.3, 0.4) is 0 Å². The molecule has 0 atom stereocenters. The van der Waals surface area contributed by atoms with Crippen molar-refractivity contribution in [2.75, 3.05) is 18.5 Å². The number of non-ortho nitro benzene ring substituents is 1. The third kappa shape index (κ3) is 6.33. The molecule has 0 aliphatic carbocycles. The molecule has 0 saturated carbocycles. The first-order valence-electron chi connectivity index (χ1n) is 9.32. The second kappa shape index (κ2) is 9.73. The van der Waals surface area contributed by atoms with Crippen molar-refractivity contribution in [3.05, 3.63) is 39.9 Å². The van der Waals surface area contributed by atoms with Gasteiger partial charge in [0.1, 0.15) is 0 Å². The minimum atomic E-state index is -2.33. The SMILES string of the molecule is CCCCP(Cl)(CCCC)(CCCC)Cc1ccc([N+](=O)[O-])cc1. The Kier molecular flexibility index (Phi) is 8.67. The number of nitro groups is 1. The fourth-order valence-electron chi connectivity index (χ4n) is 3.41. The molecule has 0 aliphatic rings. The van der Waals surface area contributed by atoms with Gasteiger partial charge in [-0.3, -0.25) is 0 Å². The Labute approximate surface area is 152 Å². The molecule has 0 aliphatic heterocycles. The van der Waals surface area contributed by atoms with Gasteiger partial charge in [0.25, 0.3) is 0 Å². The number of halogens is 1. The van der Waals surface area contributed by atoms with Crippen LogP contribution in [-0.4, -0.2) is 23.4 Å². The quantitative estimate of drug-likeness (QED) is 0.221. The van der Waals surface area contributed by atoms with Crippen LogP contribution in [0.1, 0.15) is 64.9 Å². The number of benzene rings is 1. The molecule has 0 N–H and O–H groups in total. The fourth-order valence-corrected chi connectivity index (χ4v) is 10.5. The van der Waals surface area contributed by atoms with E-state index in [2.05, 4.69) is 20.8 Å². The van der Waals surface area contributed by atoms with Crippen molar-refractivity contribution in [2.45, 2.75) is 65.5 Å². The van der Waals surface area contributed by atoms with Gasteiger partial charge >= 0.3 is 152 Å². The molecule has 0 bridgehead atoms. The van der Waals surface area contributed by atoms with Crippen LogP contribution in [0.15, 0.2) is 24.3 Å². The summed E-state index contributed by atoms with van der Waals surface area (Å²) in [6.07, 6.45) is 11.4. The zero-order valence-corrected chi connectivity index (χ0v) is 17.1. The molecular formula is C19H33ClNO2P. The average molecular weight is 374 g/mol. The normalized spacial score (nSPS) is 13.4. The van der Waals surface area contributed by atoms with Crippen molar-refractivity contribution in [3.63, 3.8) is 0 Å². The molecule has 1 aromatic carbocycles. The van der Waals surface area contributed by atoms with Gasteiger partial charge in [0.15, 0.2) is 0 Å². The average Bonchev–Trinajstić information content (AvgIpc) is 2.58. The van der Waals surface area contributed by atoms with Gasteiger partial charge < -0.3 is 0 Å². The third-order valence-electron chi connectivity index (χ3n) is 4.94. The summed E-state index contributed by atoms with van der Waals surface area (Å²) in [6.45, 7) is 6.68. The van der Waals surface area contributed by atoms with Gasteiger partial charge in [-0.2, -0.15) is 0 Å². The molecule has 0 radical (unpaired) electrons. The zero-order chi connectivity index (χ0) is 18.1. The number of nitro benzene ring substituents is 1. The van der Waals surface area contributed by atoms with E-state index in [0.717, 1.165) is 30.2 Å². The van der Waals surface area contributed by atoms with Crippen LogP contribution in [0.5, 0.6) is 0 Å². The number of rotatable bonds is 12. The number of hydrogen-bond acceptors (Lipinski definition) is 2. The first-order chi connectivity index (χ1) is 11.4. The Morgan fingerprint density at radius 1 is 0.917 bits per heavy atom. The van der Waals surface area contributed by atoms with Crippen LogP contribution in [0, 0.1) is 10.1 Å². The molecule has 5 heteroatoms. The Balaban J connectivity index is 3.10. The standard InChI is InChI=1S/C19H33ClNO2P/c1-4-7-14-24(20,15-8-5-2,16-9-6-3)17-18-10-12-19(13-11-18)21(22)23/h10-13H,4-9,14-17H2,1-3H3. The van der Waals surface area contributed by atoms with Crippen LogP contribution >= 0.6 is 17.2 Å². The third-order valence-corrected chi connectivity index (χ3v) is 12.3. The number of hydrogen-bond donors (Lipinski definition) is 0. The van der Waals surface area contributed by atoms with E-state index >= 15 is 0 Å². The van der Waals surface area contributed by atoms with Crippen molar-refractivity contribution >= 4 is 22.9 Å². The summed E-state index contributed by atoms with van der Waals surface area (Å²) in [5, 5.41) is 10.9. The maximum absolute atomic E-state index is 10.9. The molecule has 0 aromatic heterocycles. The van der Waals surface area contributed by atoms with E-state index in [4.69, 9.17) is 11.2 Å². The van der Waals surface area contributed by atoms with Gasteiger partial charge in [-0.1, -0.05) is 0 Å². The topological polar surface area (TPSA) is 43.1 Å². The minimum absolute atomic E-state index is 0.157. The van der Waals surface area contributed by atoms with Crippen LogP contribution in [0.2, 0.25) is 0 Å².